The molecule has 0 N–H and O–H groups in total. The van der Waals surface area contributed by atoms with Crippen LogP contribution in [-0.4, -0.2) is 35.1 Å². The first-order valence-electron chi connectivity index (χ1n) is 11.5. The van der Waals surface area contributed by atoms with E-state index >= 15 is 0 Å². The summed E-state index contributed by atoms with van der Waals surface area (Å²) in [5.41, 5.74) is 6.99. The van der Waals surface area contributed by atoms with Crippen molar-refractivity contribution in [3.8, 4) is 0 Å². The summed E-state index contributed by atoms with van der Waals surface area (Å²) in [6.45, 7) is 7.14. The molecular weight excluding hydrogens is 464 g/mol. The predicted molar refractivity (Wildman–Crippen MR) is 139 cm³/mol. The fourth-order valence-electron chi connectivity index (χ4n) is 3.35. The van der Waals surface area contributed by atoms with E-state index in [0.717, 1.165) is 52.5 Å². The number of hydrogen-bond donors (Lipinski definition) is 0. The summed E-state index contributed by atoms with van der Waals surface area (Å²) in [5.74, 6) is 0. The van der Waals surface area contributed by atoms with Gasteiger partial charge in [0.05, 0.1) is 24.6 Å². The molecule has 0 saturated carbocycles. The van der Waals surface area contributed by atoms with Crippen molar-refractivity contribution in [1.82, 2.24) is 9.97 Å². The largest absolute Gasteiger partial charge is 0.399 e. The zero-order valence-electron chi connectivity index (χ0n) is 20.6. The van der Waals surface area contributed by atoms with E-state index in [2.05, 4.69) is 21.4 Å². The van der Waals surface area contributed by atoms with Gasteiger partial charge in [0.1, 0.15) is 25.1 Å². The van der Waals surface area contributed by atoms with Gasteiger partial charge in [0.15, 0.2) is 0 Å². The summed E-state index contributed by atoms with van der Waals surface area (Å²) in [7, 11) is 1.52. The van der Waals surface area contributed by atoms with Gasteiger partial charge in [-0.25, -0.2) is 0 Å². The lowest BCUT2D eigenvalue weighted by atomic mass is 10.1. The first-order valence-corrected chi connectivity index (χ1v) is 11.8. The molecule has 0 unspecified atom stereocenters. The van der Waals surface area contributed by atoms with Crippen molar-refractivity contribution in [1.29, 1.82) is 0 Å². The van der Waals surface area contributed by atoms with Crippen LogP contribution >= 0.6 is 11.6 Å². The SMILES string of the molecule is CO/N=C(\C)c1cc(COCc2ccc(Cl)cc2)cc(CCCO/N=C(\C)c2cccc(C)n2)n1. The van der Waals surface area contributed by atoms with Crippen LogP contribution in [0.1, 0.15) is 54.2 Å². The van der Waals surface area contributed by atoms with Crippen LogP contribution in [0.15, 0.2) is 64.9 Å². The lowest BCUT2D eigenvalue weighted by Gasteiger charge is -2.10. The van der Waals surface area contributed by atoms with Crippen LogP contribution in [0.3, 0.4) is 0 Å². The molecule has 0 saturated heterocycles. The lowest BCUT2D eigenvalue weighted by Crippen LogP contribution is -2.07. The number of aromatic nitrogens is 2. The molecule has 0 aliphatic rings. The molecule has 3 aromatic rings. The van der Waals surface area contributed by atoms with E-state index < -0.39 is 0 Å². The van der Waals surface area contributed by atoms with Crippen LogP contribution in [0.4, 0.5) is 0 Å². The highest BCUT2D eigenvalue weighted by atomic mass is 35.5. The molecule has 0 atom stereocenters. The van der Waals surface area contributed by atoms with E-state index in [0.29, 0.717) is 30.6 Å². The fraction of sp³-hybridized carbons (Fsp3) is 0.333. The molecule has 1 aromatic carbocycles. The maximum Gasteiger partial charge on any atom is 0.117 e. The lowest BCUT2D eigenvalue weighted by molar-refractivity contribution is 0.107. The van der Waals surface area contributed by atoms with Crippen LogP contribution in [0.25, 0.3) is 0 Å². The third-order valence-electron chi connectivity index (χ3n) is 5.12. The monoisotopic (exact) mass is 494 g/mol. The zero-order chi connectivity index (χ0) is 25.0. The minimum atomic E-state index is 0.453. The van der Waals surface area contributed by atoms with Crippen molar-refractivity contribution >= 4 is 23.0 Å². The van der Waals surface area contributed by atoms with E-state index in [9.17, 15) is 0 Å². The molecule has 0 aliphatic heterocycles. The molecule has 184 valence electrons. The second-order valence-electron chi connectivity index (χ2n) is 8.11. The van der Waals surface area contributed by atoms with Crippen LogP contribution in [0.2, 0.25) is 5.02 Å². The molecule has 7 nitrogen and oxygen atoms in total. The second-order valence-corrected chi connectivity index (χ2v) is 8.54. The highest BCUT2D eigenvalue weighted by molar-refractivity contribution is 6.30. The van der Waals surface area contributed by atoms with Gasteiger partial charge in [-0.1, -0.05) is 40.1 Å². The maximum atomic E-state index is 5.95. The van der Waals surface area contributed by atoms with E-state index in [4.69, 9.17) is 31.0 Å². The topological polar surface area (TPSA) is 78.2 Å². The third-order valence-corrected chi connectivity index (χ3v) is 5.37. The number of oxime groups is 2. The summed E-state index contributed by atoms with van der Waals surface area (Å²) in [4.78, 5) is 19.6. The van der Waals surface area contributed by atoms with Gasteiger partial charge in [0.2, 0.25) is 0 Å². The molecule has 0 amide bonds. The number of halogens is 1. The van der Waals surface area contributed by atoms with E-state index in [1.807, 2.05) is 69.3 Å². The van der Waals surface area contributed by atoms with Gasteiger partial charge in [-0.3, -0.25) is 9.97 Å². The van der Waals surface area contributed by atoms with Gasteiger partial charge in [-0.2, -0.15) is 0 Å². The van der Waals surface area contributed by atoms with Crippen molar-refractivity contribution in [2.75, 3.05) is 13.7 Å². The number of pyridine rings is 2. The molecule has 0 radical (unpaired) electrons. The summed E-state index contributed by atoms with van der Waals surface area (Å²) in [5, 5.41) is 8.94. The van der Waals surface area contributed by atoms with Crippen LogP contribution in [-0.2, 0) is 34.0 Å². The van der Waals surface area contributed by atoms with Crippen LogP contribution in [0.5, 0.6) is 0 Å². The molecular formula is C27H31ClN4O3. The summed E-state index contributed by atoms with van der Waals surface area (Å²) >= 11 is 5.95. The molecule has 2 aromatic heterocycles. The smallest absolute Gasteiger partial charge is 0.117 e. The average molecular weight is 495 g/mol. The van der Waals surface area contributed by atoms with Gasteiger partial charge in [-0.05, 0) is 81.1 Å². The highest BCUT2D eigenvalue weighted by Gasteiger charge is 2.08. The molecule has 3 rings (SSSR count). The first-order chi connectivity index (χ1) is 16.9. The molecule has 0 spiro atoms. The Morgan fingerprint density at radius 1 is 0.886 bits per heavy atom. The minimum absolute atomic E-state index is 0.453. The molecule has 35 heavy (non-hydrogen) atoms. The number of ether oxygens (including phenoxy) is 1. The highest BCUT2D eigenvalue weighted by Crippen LogP contribution is 2.14. The maximum absolute atomic E-state index is 5.95. The number of hydrogen-bond acceptors (Lipinski definition) is 7. The van der Waals surface area contributed by atoms with Gasteiger partial charge >= 0.3 is 0 Å². The molecule has 0 bridgehead atoms. The van der Waals surface area contributed by atoms with E-state index in [-0.39, 0.29) is 0 Å². The zero-order valence-corrected chi connectivity index (χ0v) is 21.4. The van der Waals surface area contributed by atoms with Gasteiger partial charge in [0.25, 0.3) is 0 Å². The standard InChI is InChI=1S/C27H31ClN4O3/c1-19-7-5-9-26(29-19)20(2)32-35-14-6-8-25-15-23(16-27(30-25)21(3)31-33-4)18-34-17-22-10-12-24(28)13-11-22/h5,7,9-13,15-16H,6,8,14,17-18H2,1-4H3/b31-21+,32-20+. The van der Waals surface area contributed by atoms with Crippen LogP contribution in [0, 0.1) is 6.92 Å². The molecule has 0 aliphatic carbocycles. The Hall–Kier alpha value is -3.29. The normalized spacial score (nSPS) is 12.0. The second kappa shape index (κ2) is 13.6. The van der Waals surface area contributed by atoms with Crippen molar-refractivity contribution < 1.29 is 14.4 Å². The number of nitrogens with zero attached hydrogens (tertiary/aromatic N) is 4. The Bertz CT molecular complexity index is 1160. The number of benzene rings is 1. The quantitative estimate of drug-likeness (QED) is 0.178. The Morgan fingerprint density at radius 2 is 1.63 bits per heavy atom. The average Bonchev–Trinajstić information content (AvgIpc) is 2.85. The van der Waals surface area contributed by atoms with Crippen molar-refractivity contribution in [2.24, 2.45) is 10.3 Å². The summed E-state index contributed by atoms with van der Waals surface area (Å²) in [6, 6.07) is 17.5. The fourth-order valence-corrected chi connectivity index (χ4v) is 3.48. The predicted octanol–water partition coefficient (Wildman–Crippen LogP) is 5.90. The van der Waals surface area contributed by atoms with E-state index in [1.54, 1.807) is 0 Å². The number of aryl methyl sites for hydroxylation is 2. The van der Waals surface area contributed by atoms with Crippen molar-refractivity contribution in [3.63, 3.8) is 0 Å². The molecule has 2 heterocycles. The van der Waals surface area contributed by atoms with Gasteiger partial charge < -0.3 is 14.4 Å². The van der Waals surface area contributed by atoms with Gasteiger partial charge in [0, 0.05) is 16.4 Å². The van der Waals surface area contributed by atoms with Crippen molar-refractivity contribution in [3.05, 3.63) is 93.5 Å². The first kappa shape index (κ1) is 26.3. The third kappa shape index (κ3) is 8.77. The Kier molecular flexibility index (Phi) is 10.2. The summed E-state index contributed by atoms with van der Waals surface area (Å²) < 4.78 is 5.92. The molecule has 8 heteroatoms. The minimum Gasteiger partial charge on any atom is -0.399 e. The Morgan fingerprint density at radius 3 is 2.37 bits per heavy atom. The summed E-state index contributed by atoms with van der Waals surface area (Å²) in [6.07, 6.45) is 1.50. The Labute approximate surface area is 211 Å². The van der Waals surface area contributed by atoms with Crippen LogP contribution < -0.4 is 0 Å². The molecule has 0 fully saturated rings. The van der Waals surface area contributed by atoms with Crippen molar-refractivity contribution in [2.45, 2.75) is 46.8 Å². The number of rotatable bonds is 12. The Balaban J connectivity index is 1.58. The van der Waals surface area contributed by atoms with E-state index in [1.165, 1.54) is 7.11 Å². The van der Waals surface area contributed by atoms with Gasteiger partial charge in [-0.15, -0.1) is 0 Å².